The number of nitrogens with one attached hydrogen (secondary N) is 2. The minimum absolute atomic E-state index is 0.104. The van der Waals surface area contributed by atoms with Crippen LogP contribution >= 0.6 is 0 Å². The molecule has 0 aliphatic carbocycles. The van der Waals surface area contributed by atoms with Crippen molar-refractivity contribution in [2.45, 2.75) is 6.23 Å². The molecule has 0 bridgehead atoms. The second-order valence-corrected chi connectivity index (χ2v) is 4.78. The summed E-state index contributed by atoms with van der Waals surface area (Å²) in [7, 11) is 0. The van der Waals surface area contributed by atoms with Gasteiger partial charge < -0.3 is 4.74 Å². The number of nitro benzene ring substituents is 1. The predicted molar refractivity (Wildman–Crippen MR) is 78.3 cm³/mol. The Morgan fingerprint density at radius 2 is 1.83 bits per heavy atom. The van der Waals surface area contributed by atoms with Gasteiger partial charge in [0.1, 0.15) is 0 Å². The maximum absolute atomic E-state index is 12.0. The van der Waals surface area contributed by atoms with Crippen LogP contribution in [0.5, 0.6) is 0 Å². The van der Waals surface area contributed by atoms with E-state index in [4.69, 9.17) is 4.74 Å². The molecule has 1 aliphatic heterocycles. The van der Waals surface area contributed by atoms with E-state index >= 15 is 0 Å². The fourth-order valence-corrected chi connectivity index (χ4v) is 2.19. The number of hydrazine groups is 1. The molecule has 0 unspecified atom stereocenters. The lowest BCUT2D eigenvalue weighted by Crippen LogP contribution is -2.40. The van der Waals surface area contributed by atoms with E-state index < -0.39 is 23.0 Å². The summed E-state index contributed by atoms with van der Waals surface area (Å²) in [4.78, 5) is 33.7. The number of hydrogen-bond donors (Lipinski definition) is 2. The van der Waals surface area contributed by atoms with Gasteiger partial charge in [0.25, 0.3) is 11.6 Å². The summed E-state index contributed by atoms with van der Waals surface area (Å²) in [6, 6.07) is 12.0. The summed E-state index contributed by atoms with van der Waals surface area (Å²) in [6.45, 7) is 0. The number of nitro groups is 1. The Bertz CT molecular complexity index is 788. The normalized spacial score (nSPS) is 15.7. The molecule has 1 atom stereocenters. The van der Waals surface area contributed by atoms with Crippen LogP contribution in [0, 0.1) is 10.1 Å². The number of cyclic esters (lactones) is 1. The summed E-state index contributed by atoms with van der Waals surface area (Å²) >= 11 is 0. The number of ether oxygens (including phenoxy) is 1. The Kier molecular flexibility index (Phi) is 3.73. The number of carbonyl (C=O) groups is 2. The first-order valence-electron chi connectivity index (χ1n) is 6.66. The molecule has 2 aromatic rings. The lowest BCUT2D eigenvalue weighted by molar-refractivity contribution is -0.384. The molecule has 8 heteroatoms. The largest absolute Gasteiger partial charge is 0.437 e. The van der Waals surface area contributed by atoms with E-state index in [-0.39, 0.29) is 11.3 Å². The first-order valence-corrected chi connectivity index (χ1v) is 6.66. The van der Waals surface area contributed by atoms with Gasteiger partial charge in [0.15, 0.2) is 6.23 Å². The number of rotatable bonds is 4. The second-order valence-electron chi connectivity index (χ2n) is 4.78. The van der Waals surface area contributed by atoms with Crippen LogP contribution in [0.25, 0.3) is 0 Å². The number of amides is 1. The molecule has 2 aromatic carbocycles. The van der Waals surface area contributed by atoms with Gasteiger partial charge in [-0.2, -0.15) is 5.43 Å². The van der Waals surface area contributed by atoms with Crippen LogP contribution in [0.3, 0.4) is 0 Å². The lowest BCUT2D eigenvalue weighted by Gasteiger charge is -2.13. The van der Waals surface area contributed by atoms with Crippen molar-refractivity contribution in [2.75, 3.05) is 0 Å². The number of esters is 1. The van der Waals surface area contributed by atoms with Crippen molar-refractivity contribution in [1.82, 2.24) is 10.9 Å². The number of hydrogen-bond acceptors (Lipinski definition) is 6. The van der Waals surface area contributed by atoms with Gasteiger partial charge in [0.05, 0.1) is 10.5 Å². The zero-order chi connectivity index (χ0) is 16.4. The fraction of sp³-hybridized carbons (Fsp3) is 0.0667. The Hall–Kier alpha value is -3.26. The minimum atomic E-state index is -0.777. The molecule has 3 rings (SSSR count). The van der Waals surface area contributed by atoms with Gasteiger partial charge in [-0.15, -0.1) is 0 Å². The number of benzene rings is 2. The Morgan fingerprint density at radius 3 is 2.52 bits per heavy atom. The third kappa shape index (κ3) is 2.87. The summed E-state index contributed by atoms with van der Waals surface area (Å²) in [6.07, 6.45) is -0.777. The second kappa shape index (κ2) is 5.85. The first kappa shape index (κ1) is 14.7. The van der Waals surface area contributed by atoms with E-state index in [0.29, 0.717) is 11.1 Å². The highest BCUT2D eigenvalue weighted by molar-refractivity contribution is 5.95. The molecule has 116 valence electrons. The molecule has 1 heterocycles. The molecule has 23 heavy (non-hydrogen) atoms. The van der Waals surface area contributed by atoms with Gasteiger partial charge in [-0.1, -0.05) is 18.2 Å². The smallest absolute Gasteiger partial charge is 0.340 e. The summed E-state index contributed by atoms with van der Waals surface area (Å²) in [5, 5.41) is 10.6. The highest BCUT2D eigenvalue weighted by Gasteiger charge is 2.30. The maximum atomic E-state index is 12.0. The van der Waals surface area contributed by atoms with Crippen molar-refractivity contribution in [3.63, 3.8) is 0 Å². The first-order chi connectivity index (χ1) is 11.1. The van der Waals surface area contributed by atoms with Crippen molar-refractivity contribution in [2.24, 2.45) is 0 Å². The number of non-ortho nitro benzene ring substituents is 1. The highest BCUT2D eigenvalue weighted by Crippen LogP contribution is 2.27. The van der Waals surface area contributed by atoms with Crippen molar-refractivity contribution >= 4 is 17.6 Å². The molecule has 0 fully saturated rings. The average Bonchev–Trinajstić information content (AvgIpc) is 2.89. The van der Waals surface area contributed by atoms with E-state index in [2.05, 4.69) is 10.9 Å². The molecular formula is C15H11N3O5. The van der Waals surface area contributed by atoms with Crippen molar-refractivity contribution in [3.05, 3.63) is 75.3 Å². The molecule has 0 radical (unpaired) electrons. The minimum Gasteiger partial charge on any atom is -0.437 e. The molecule has 0 aromatic heterocycles. The van der Waals surface area contributed by atoms with Crippen molar-refractivity contribution in [1.29, 1.82) is 0 Å². The van der Waals surface area contributed by atoms with E-state index in [1.54, 1.807) is 24.3 Å². The SMILES string of the molecule is O=C(NN[C@@H]1OC(=O)c2ccccc21)c1ccc([N+](=O)[O-])cc1. The number of carbonyl (C=O) groups excluding carboxylic acids is 2. The third-order valence-corrected chi connectivity index (χ3v) is 3.35. The summed E-state index contributed by atoms with van der Waals surface area (Å²) < 4.78 is 5.11. The van der Waals surface area contributed by atoms with Crippen molar-refractivity contribution in [3.8, 4) is 0 Å². The van der Waals surface area contributed by atoms with Crippen LogP contribution in [0.15, 0.2) is 48.5 Å². The monoisotopic (exact) mass is 313 g/mol. The van der Waals surface area contributed by atoms with Crippen molar-refractivity contribution < 1.29 is 19.2 Å². The van der Waals surface area contributed by atoms with Gasteiger partial charge in [0, 0.05) is 23.3 Å². The molecule has 0 spiro atoms. The lowest BCUT2D eigenvalue weighted by atomic mass is 10.1. The average molecular weight is 313 g/mol. The summed E-state index contributed by atoms with van der Waals surface area (Å²) in [5.74, 6) is -0.969. The molecule has 8 nitrogen and oxygen atoms in total. The van der Waals surface area contributed by atoms with Gasteiger partial charge in [-0.05, 0) is 18.2 Å². The van der Waals surface area contributed by atoms with Gasteiger partial charge in [-0.3, -0.25) is 20.3 Å². The maximum Gasteiger partial charge on any atom is 0.340 e. The number of fused-ring (bicyclic) bond motifs is 1. The molecule has 0 saturated heterocycles. The fourth-order valence-electron chi connectivity index (χ4n) is 2.19. The predicted octanol–water partition coefficient (Wildman–Crippen LogP) is 1.70. The molecule has 2 N–H and O–H groups in total. The number of nitrogens with zero attached hydrogens (tertiary/aromatic N) is 1. The van der Waals surface area contributed by atoms with Crippen LogP contribution in [0.1, 0.15) is 32.5 Å². The van der Waals surface area contributed by atoms with Crippen LogP contribution in [0.4, 0.5) is 5.69 Å². The molecular weight excluding hydrogens is 302 g/mol. The molecule has 1 amide bonds. The topological polar surface area (TPSA) is 111 Å². The standard InChI is InChI=1S/C15H11N3O5/c19-13(9-5-7-10(8-6-9)18(21)22)16-17-14-11-3-1-2-4-12(11)15(20)23-14/h1-8,14,17H,(H,16,19)/t14-/m1/s1. The Labute approximate surface area is 130 Å². The third-order valence-electron chi connectivity index (χ3n) is 3.35. The van der Waals surface area contributed by atoms with Gasteiger partial charge in [0.2, 0.25) is 0 Å². The van der Waals surface area contributed by atoms with E-state index in [1.807, 2.05) is 0 Å². The quantitative estimate of drug-likeness (QED) is 0.505. The van der Waals surface area contributed by atoms with E-state index in [1.165, 1.54) is 24.3 Å². The van der Waals surface area contributed by atoms with E-state index in [0.717, 1.165) is 0 Å². The van der Waals surface area contributed by atoms with Crippen LogP contribution in [-0.4, -0.2) is 16.8 Å². The van der Waals surface area contributed by atoms with Gasteiger partial charge in [-0.25, -0.2) is 4.79 Å². The molecule has 1 aliphatic rings. The van der Waals surface area contributed by atoms with Crippen LogP contribution in [-0.2, 0) is 4.74 Å². The zero-order valence-electron chi connectivity index (χ0n) is 11.7. The van der Waals surface area contributed by atoms with Crippen LogP contribution in [0.2, 0.25) is 0 Å². The Balaban J connectivity index is 1.66. The van der Waals surface area contributed by atoms with Gasteiger partial charge >= 0.3 is 5.97 Å². The van der Waals surface area contributed by atoms with E-state index in [9.17, 15) is 19.7 Å². The molecule has 0 saturated carbocycles. The summed E-state index contributed by atoms with van der Waals surface area (Å²) in [5.41, 5.74) is 6.24. The zero-order valence-corrected chi connectivity index (χ0v) is 11.7. The Morgan fingerprint density at radius 1 is 1.13 bits per heavy atom. The highest BCUT2D eigenvalue weighted by atomic mass is 16.6. The van der Waals surface area contributed by atoms with Crippen LogP contribution < -0.4 is 10.9 Å².